The van der Waals surface area contributed by atoms with E-state index in [0.717, 1.165) is 6.42 Å². The summed E-state index contributed by atoms with van der Waals surface area (Å²) < 4.78 is 0. The molecule has 0 saturated heterocycles. The molecule has 0 amide bonds. The largest absolute Gasteiger partial charge is 0.0617 e. The van der Waals surface area contributed by atoms with Gasteiger partial charge in [-0.15, -0.1) is 0 Å². The van der Waals surface area contributed by atoms with Crippen LogP contribution < -0.4 is 0 Å². The zero-order chi connectivity index (χ0) is 54.8. The molecule has 1 aliphatic carbocycles. The van der Waals surface area contributed by atoms with Gasteiger partial charge in [0.25, 0.3) is 0 Å². The van der Waals surface area contributed by atoms with Crippen molar-refractivity contribution in [1.82, 2.24) is 0 Å². The van der Waals surface area contributed by atoms with E-state index in [0.29, 0.717) is 0 Å². The number of hydrogen-bond donors (Lipinski definition) is 0. The Kier molecular flexibility index (Phi) is 9.50. The Morgan fingerprint density at radius 3 is 1.23 bits per heavy atom. The zero-order valence-electron chi connectivity index (χ0n) is 48.4. The van der Waals surface area contributed by atoms with Crippen LogP contribution in [0.5, 0.6) is 0 Å². The first-order valence-electron chi connectivity index (χ1n) is 29.3. The van der Waals surface area contributed by atoms with E-state index < -0.39 is 0 Å². The van der Waals surface area contributed by atoms with Crippen LogP contribution in [-0.2, 0) is 22.7 Å². The molecule has 15 aromatic rings. The first kappa shape index (κ1) is 47.7. The van der Waals surface area contributed by atoms with E-state index in [2.05, 4.69) is 253 Å². The molecule has 386 valence electrons. The summed E-state index contributed by atoms with van der Waals surface area (Å²) in [7, 11) is 0. The predicted octanol–water partition coefficient (Wildman–Crippen LogP) is 23.3. The highest BCUT2D eigenvalue weighted by Gasteiger charge is 2.32. The van der Waals surface area contributed by atoms with Gasteiger partial charge in [0, 0.05) is 0 Å². The second kappa shape index (κ2) is 16.0. The van der Waals surface area contributed by atoms with Crippen LogP contribution in [0.3, 0.4) is 0 Å². The van der Waals surface area contributed by atoms with Gasteiger partial charge in [-0.2, -0.15) is 0 Å². The quantitative estimate of drug-likeness (QED) is 0.122. The Hall–Kier alpha value is -8.32. The number of fused-ring (bicyclic) bond motifs is 12. The molecule has 0 fully saturated rings. The Morgan fingerprint density at radius 2 is 0.700 bits per heavy atom. The second-order valence-electron chi connectivity index (χ2n) is 27.1. The molecular formula is C80H66. The summed E-state index contributed by atoms with van der Waals surface area (Å²) in [4.78, 5) is 0. The SMILES string of the molecule is CCc1cc(-c2c3cc4c(cc3c(-c3cc(C(C)(C)C)cc(C(C)(C)C)c3)c3c5ccc6c7ccc8c9c(ccc(c%10ccc(c23)c5c%106)c97)-c2cc(-c3c(C)cccc3C)ccc2-8)c2cccc3cccc4c32)cc(C(C)(C)C)c1. The molecule has 0 spiro atoms. The minimum atomic E-state index is -0.0690. The van der Waals surface area contributed by atoms with Crippen molar-refractivity contribution < 1.29 is 0 Å². The van der Waals surface area contributed by atoms with E-state index in [1.807, 2.05) is 0 Å². The number of benzene rings is 13. The predicted molar refractivity (Wildman–Crippen MR) is 351 cm³/mol. The van der Waals surface area contributed by atoms with Gasteiger partial charge in [-0.3, -0.25) is 0 Å². The highest BCUT2D eigenvalue weighted by molar-refractivity contribution is 6.47. The molecule has 0 atom stereocenters. The molecule has 0 saturated carbocycles. The lowest BCUT2D eigenvalue weighted by molar-refractivity contribution is 0.569. The lowest BCUT2D eigenvalue weighted by Gasteiger charge is -2.27. The van der Waals surface area contributed by atoms with Gasteiger partial charge in [-0.05, 0) is 251 Å². The van der Waals surface area contributed by atoms with Crippen molar-refractivity contribution in [3.63, 3.8) is 0 Å². The van der Waals surface area contributed by atoms with Crippen molar-refractivity contribution in [1.29, 1.82) is 0 Å². The van der Waals surface area contributed by atoms with Crippen molar-refractivity contribution in [2.75, 3.05) is 0 Å². The Labute approximate surface area is 469 Å². The van der Waals surface area contributed by atoms with E-state index >= 15 is 0 Å². The summed E-state index contributed by atoms with van der Waals surface area (Å²) in [5.74, 6) is 0. The summed E-state index contributed by atoms with van der Waals surface area (Å²) in [6.45, 7) is 28.2. The third-order valence-corrected chi connectivity index (χ3v) is 19.3. The molecule has 0 unspecified atom stereocenters. The summed E-state index contributed by atoms with van der Waals surface area (Å²) in [6, 6.07) is 67.9. The third-order valence-electron chi connectivity index (χ3n) is 19.3. The fourth-order valence-electron chi connectivity index (χ4n) is 15.2. The van der Waals surface area contributed by atoms with Gasteiger partial charge in [0.1, 0.15) is 0 Å². The molecule has 0 heterocycles. The van der Waals surface area contributed by atoms with Crippen molar-refractivity contribution in [2.24, 2.45) is 0 Å². The Bertz CT molecular complexity index is 5130. The zero-order valence-corrected chi connectivity index (χ0v) is 48.4. The fourth-order valence-corrected chi connectivity index (χ4v) is 15.2. The molecule has 1 aliphatic rings. The van der Waals surface area contributed by atoms with E-state index in [4.69, 9.17) is 0 Å². The average molecular weight is 1030 g/mol. The van der Waals surface area contributed by atoms with Gasteiger partial charge in [-0.25, -0.2) is 0 Å². The molecule has 0 radical (unpaired) electrons. The van der Waals surface area contributed by atoms with Gasteiger partial charge in [0.2, 0.25) is 0 Å². The topological polar surface area (TPSA) is 0 Å². The number of aryl methyl sites for hydroxylation is 3. The molecule has 0 nitrogen and oxygen atoms in total. The Morgan fingerprint density at radius 1 is 0.275 bits per heavy atom. The van der Waals surface area contributed by atoms with Crippen LogP contribution in [0.1, 0.15) is 103 Å². The van der Waals surface area contributed by atoms with Crippen molar-refractivity contribution >= 4 is 108 Å². The lowest BCUT2D eigenvalue weighted by atomic mass is 9.77. The average Bonchev–Trinajstić information content (AvgIpc) is 4.08. The Balaban J connectivity index is 1.10. The van der Waals surface area contributed by atoms with Crippen LogP contribution in [0.2, 0.25) is 0 Å². The summed E-state index contributed by atoms with van der Waals surface area (Å²) in [6.07, 6.45) is 0.965. The van der Waals surface area contributed by atoms with Crippen LogP contribution in [0, 0.1) is 13.8 Å². The maximum atomic E-state index is 2.62. The van der Waals surface area contributed by atoms with Crippen molar-refractivity contribution in [3.05, 3.63) is 203 Å². The monoisotopic (exact) mass is 1030 g/mol. The highest BCUT2D eigenvalue weighted by atomic mass is 14.3. The van der Waals surface area contributed by atoms with Gasteiger partial charge in [-0.1, -0.05) is 221 Å². The smallest absolute Gasteiger partial charge is 0.000740 e. The molecule has 0 heteroatoms. The van der Waals surface area contributed by atoms with Gasteiger partial charge in [0.15, 0.2) is 0 Å². The normalized spacial score (nSPS) is 13.3. The van der Waals surface area contributed by atoms with Gasteiger partial charge in [0.05, 0.1) is 0 Å². The van der Waals surface area contributed by atoms with Gasteiger partial charge < -0.3 is 0 Å². The number of rotatable bonds is 4. The van der Waals surface area contributed by atoms with E-state index in [-0.39, 0.29) is 16.2 Å². The van der Waals surface area contributed by atoms with Gasteiger partial charge >= 0.3 is 0 Å². The molecule has 15 aromatic carbocycles. The van der Waals surface area contributed by atoms with Crippen LogP contribution in [-0.4, -0.2) is 0 Å². The van der Waals surface area contributed by atoms with Crippen LogP contribution in [0.25, 0.3) is 163 Å². The minimum Gasteiger partial charge on any atom is -0.0617 e. The first-order valence-corrected chi connectivity index (χ1v) is 29.3. The maximum Gasteiger partial charge on any atom is -0.000740 e. The highest BCUT2D eigenvalue weighted by Crippen LogP contribution is 2.58. The minimum absolute atomic E-state index is 0.0445. The molecule has 80 heavy (non-hydrogen) atoms. The van der Waals surface area contributed by atoms with Crippen LogP contribution in [0.4, 0.5) is 0 Å². The summed E-state index contributed by atoms with van der Waals surface area (Å²) >= 11 is 0. The van der Waals surface area contributed by atoms with Crippen LogP contribution in [0.15, 0.2) is 170 Å². The third kappa shape index (κ3) is 6.40. The standard InChI is InChI=1S/C80H66/c1-13-44-33-47(35-49(34-44)78(4,5)6)70-66-40-64-53-21-15-19-45-20-16-22-54(69(45)53)65(64)41-67(66)71(48-36-50(79(7,8)9)39-51(37-48)80(10,11)12)77-62-32-30-58-56-26-25-55-52-24-23-46(68-42(2)17-14-18-43(68)3)38-63(52)60-28-27-57(73(56)72(55)60)59-29-31-61(76(70)77)75(62)74(58)59/h14-41H,13H2,1-12H3. The molecule has 16 rings (SSSR count). The van der Waals surface area contributed by atoms with E-state index in [1.54, 1.807) is 0 Å². The van der Waals surface area contributed by atoms with Crippen LogP contribution >= 0.6 is 0 Å². The molecule has 0 aromatic heterocycles. The number of hydrogen-bond acceptors (Lipinski definition) is 0. The lowest BCUT2D eigenvalue weighted by Crippen LogP contribution is -2.16. The first-order chi connectivity index (χ1) is 38.3. The van der Waals surface area contributed by atoms with E-state index in [1.165, 1.54) is 197 Å². The summed E-state index contributed by atoms with van der Waals surface area (Å²) in [5.41, 5.74) is 21.2. The van der Waals surface area contributed by atoms with E-state index in [9.17, 15) is 0 Å². The second-order valence-corrected chi connectivity index (χ2v) is 27.1. The molecule has 0 aliphatic heterocycles. The molecule has 0 bridgehead atoms. The molecule has 0 N–H and O–H groups in total. The summed E-state index contributed by atoms with van der Waals surface area (Å²) in [5, 5.41) is 26.9. The van der Waals surface area contributed by atoms with Crippen molar-refractivity contribution in [2.45, 2.75) is 106 Å². The molecular weight excluding hydrogens is 961 g/mol. The fraction of sp³-hybridized carbons (Fsp3) is 0.200. The maximum absolute atomic E-state index is 2.62. The van der Waals surface area contributed by atoms with Crippen molar-refractivity contribution in [3.8, 4) is 55.6 Å².